The predicted molar refractivity (Wildman–Crippen MR) is 86.2 cm³/mol. The molecule has 0 saturated heterocycles. The quantitative estimate of drug-likeness (QED) is 0.856. The first-order chi connectivity index (χ1) is 9.61. The molecule has 112 valence electrons. The van der Waals surface area contributed by atoms with E-state index in [4.69, 9.17) is 4.98 Å². The molecule has 0 amide bonds. The highest BCUT2D eigenvalue weighted by molar-refractivity contribution is 5.41. The first kappa shape index (κ1) is 15.3. The molecule has 0 radical (unpaired) electrons. The van der Waals surface area contributed by atoms with Gasteiger partial charge in [0.2, 0.25) is 0 Å². The Morgan fingerprint density at radius 1 is 1.25 bits per heavy atom. The zero-order valence-electron chi connectivity index (χ0n) is 13.4. The van der Waals surface area contributed by atoms with E-state index in [0.29, 0.717) is 18.0 Å². The van der Waals surface area contributed by atoms with Gasteiger partial charge < -0.3 is 10.2 Å². The molecular formula is C17H29N3. The molecule has 20 heavy (non-hydrogen) atoms. The zero-order chi connectivity index (χ0) is 14.5. The molecule has 1 aliphatic carbocycles. The lowest BCUT2D eigenvalue weighted by molar-refractivity contribution is 0.531. The molecule has 0 spiro atoms. The molecule has 0 aliphatic heterocycles. The molecule has 1 atom stereocenters. The van der Waals surface area contributed by atoms with E-state index in [2.05, 4.69) is 43.1 Å². The van der Waals surface area contributed by atoms with Crippen molar-refractivity contribution in [2.45, 2.75) is 58.5 Å². The summed E-state index contributed by atoms with van der Waals surface area (Å²) in [5, 5.41) is 3.26. The molecule has 0 bridgehead atoms. The fraction of sp³-hybridized carbons (Fsp3) is 0.706. The largest absolute Gasteiger partial charge is 0.353 e. The Bertz CT molecular complexity index is 393. The molecule has 1 fully saturated rings. The van der Waals surface area contributed by atoms with Crippen molar-refractivity contribution in [2.75, 3.05) is 18.5 Å². The maximum atomic E-state index is 4.73. The standard InChI is InChI=1S/C17H29N3/c1-13(2)12-20(16-7-5-6-8-16)17-10-9-15(11-19-17)14(3)18-4/h9-11,13-14,16,18H,5-8,12H2,1-4H3. The maximum Gasteiger partial charge on any atom is 0.128 e. The van der Waals surface area contributed by atoms with Gasteiger partial charge in [-0.25, -0.2) is 4.98 Å². The van der Waals surface area contributed by atoms with Gasteiger partial charge in [0.15, 0.2) is 0 Å². The molecule has 1 aromatic rings. The van der Waals surface area contributed by atoms with Gasteiger partial charge in [-0.15, -0.1) is 0 Å². The summed E-state index contributed by atoms with van der Waals surface area (Å²) in [4.78, 5) is 7.26. The minimum atomic E-state index is 0.363. The van der Waals surface area contributed by atoms with E-state index in [9.17, 15) is 0 Å². The highest BCUT2D eigenvalue weighted by Crippen LogP contribution is 2.28. The summed E-state index contributed by atoms with van der Waals surface area (Å²) < 4.78 is 0. The third-order valence-corrected chi connectivity index (χ3v) is 4.33. The smallest absolute Gasteiger partial charge is 0.128 e. The fourth-order valence-electron chi connectivity index (χ4n) is 3.03. The van der Waals surface area contributed by atoms with E-state index in [-0.39, 0.29) is 0 Å². The number of nitrogens with one attached hydrogen (secondary N) is 1. The van der Waals surface area contributed by atoms with Crippen LogP contribution in [0.2, 0.25) is 0 Å². The van der Waals surface area contributed by atoms with E-state index < -0.39 is 0 Å². The van der Waals surface area contributed by atoms with Crippen LogP contribution in [-0.4, -0.2) is 24.6 Å². The number of anilines is 1. The van der Waals surface area contributed by atoms with Crippen molar-refractivity contribution in [1.82, 2.24) is 10.3 Å². The molecule has 2 rings (SSSR count). The van der Waals surface area contributed by atoms with E-state index >= 15 is 0 Å². The van der Waals surface area contributed by atoms with Crippen LogP contribution in [-0.2, 0) is 0 Å². The van der Waals surface area contributed by atoms with Crippen LogP contribution < -0.4 is 10.2 Å². The second kappa shape index (κ2) is 7.07. The van der Waals surface area contributed by atoms with Gasteiger partial charge in [-0.2, -0.15) is 0 Å². The van der Waals surface area contributed by atoms with Crippen LogP contribution in [0.1, 0.15) is 58.1 Å². The van der Waals surface area contributed by atoms with Gasteiger partial charge in [-0.3, -0.25) is 0 Å². The van der Waals surface area contributed by atoms with Crippen molar-refractivity contribution < 1.29 is 0 Å². The predicted octanol–water partition coefficient (Wildman–Crippen LogP) is 3.77. The average molecular weight is 275 g/mol. The Kier molecular flexibility index (Phi) is 5.41. The van der Waals surface area contributed by atoms with Gasteiger partial charge in [0, 0.05) is 24.8 Å². The van der Waals surface area contributed by atoms with Crippen molar-refractivity contribution in [1.29, 1.82) is 0 Å². The van der Waals surface area contributed by atoms with Crippen molar-refractivity contribution in [3.05, 3.63) is 23.9 Å². The minimum absolute atomic E-state index is 0.363. The second-order valence-electron chi connectivity index (χ2n) is 6.44. The Hall–Kier alpha value is -1.09. The number of hydrogen-bond acceptors (Lipinski definition) is 3. The van der Waals surface area contributed by atoms with Gasteiger partial charge >= 0.3 is 0 Å². The maximum absolute atomic E-state index is 4.73. The molecule has 3 heteroatoms. The Balaban J connectivity index is 2.15. The molecule has 1 aliphatic rings. The Labute approximate surface area is 123 Å². The molecule has 1 aromatic heterocycles. The summed E-state index contributed by atoms with van der Waals surface area (Å²) in [5.74, 6) is 1.82. The van der Waals surface area contributed by atoms with Gasteiger partial charge in [0.05, 0.1) is 0 Å². The van der Waals surface area contributed by atoms with Crippen LogP contribution in [0.4, 0.5) is 5.82 Å². The lowest BCUT2D eigenvalue weighted by atomic mass is 10.1. The van der Waals surface area contributed by atoms with Crippen molar-refractivity contribution in [3.8, 4) is 0 Å². The van der Waals surface area contributed by atoms with Crippen LogP contribution in [0.15, 0.2) is 18.3 Å². The molecule has 1 unspecified atom stereocenters. The fourth-order valence-corrected chi connectivity index (χ4v) is 3.03. The number of pyridine rings is 1. The summed E-state index contributed by atoms with van der Waals surface area (Å²) in [6.45, 7) is 7.86. The molecule has 1 N–H and O–H groups in total. The normalized spacial score (nSPS) is 17.6. The second-order valence-corrected chi connectivity index (χ2v) is 6.44. The van der Waals surface area contributed by atoms with Crippen molar-refractivity contribution in [3.63, 3.8) is 0 Å². The topological polar surface area (TPSA) is 28.2 Å². The summed E-state index contributed by atoms with van der Waals surface area (Å²) >= 11 is 0. The molecule has 0 aromatic carbocycles. The van der Waals surface area contributed by atoms with Crippen LogP contribution in [0.3, 0.4) is 0 Å². The number of aromatic nitrogens is 1. The Morgan fingerprint density at radius 2 is 1.95 bits per heavy atom. The van der Waals surface area contributed by atoms with E-state index in [1.54, 1.807) is 0 Å². The van der Waals surface area contributed by atoms with Gasteiger partial charge in [-0.05, 0) is 44.4 Å². The molecule has 3 nitrogen and oxygen atoms in total. The first-order valence-corrected chi connectivity index (χ1v) is 8.01. The highest BCUT2D eigenvalue weighted by Gasteiger charge is 2.24. The SMILES string of the molecule is CNC(C)c1ccc(N(CC(C)C)C2CCCC2)nc1. The van der Waals surface area contributed by atoms with Crippen LogP contribution in [0, 0.1) is 5.92 Å². The number of nitrogens with zero attached hydrogens (tertiary/aromatic N) is 2. The molecule has 1 heterocycles. The van der Waals surface area contributed by atoms with Crippen molar-refractivity contribution >= 4 is 5.82 Å². The summed E-state index contributed by atoms with van der Waals surface area (Å²) in [5.41, 5.74) is 1.26. The monoisotopic (exact) mass is 275 g/mol. The van der Waals surface area contributed by atoms with Gasteiger partial charge in [-0.1, -0.05) is 32.8 Å². The lowest BCUT2D eigenvalue weighted by Crippen LogP contribution is -2.36. The lowest BCUT2D eigenvalue weighted by Gasteiger charge is -2.32. The Morgan fingerprint density at radius 3 is 2.45 bits per heavy atom. The summed E-state index contributed by atoms with van der Waals surface area (Å²) in [7, 11) is 1.99. The van der Waals surface area contributed by atoms with E-state index in [1.165, 1.54) is 31.2 Å². The molecule has 1 saturated carbocycles. The van der Waals surface area contributed by atoms with Crippen LogP contribution in [0.5, 0.6) is 0 Å². The van der Waals surface area contributed by atoms with Gasteiger partial charge in [0.25, 0.3) is 0 Å². The van der Waals surface area contributed by atoms with Gasteiger partial charge in [0.1, 0.15) is 5.82 Å². The summed E-state index contributed by atoms with van der Waals surface area (Å²) in [6, 6.07) is 5.47. The van der Waals surface area contributed by atoms with Crippen molar-refractivity contribution in [2.24, 2.45) is 5.92 Å². The van der Waals surface area contributed by atoms with Crippen LogP contribution >= 0.6 is 0 Å². The average Bonchev–Trinajstić information content (AvgIpc) is 2.98. The summed E-state index contributed by atoms with van der Waals surface area (Å²) in [6.07, 6.45) is 7.41. The van der Waals surface area contributed by atoms with E-state index in [0.717, 1.165) is 12.4 Å². The zero-order valence-corrected chi connectivity index (χ0v) is 13.4. The minimum Gasteiger partial charge on any atom is -0.353 e. The highest BCUT2D eigenvalue weighted by atomic mass is 15.2. The molecular weight excluding hydrogens is 246 g/mol. The number of hydrogen-bond donors (Lipinski definition) is 1. The third-order valence-electron chi connectivity index (χ3n) is 4.33. The first-order valence-electron chi connectivity index (χ1n) is 8.01. The van der Waals surface area contributed by atoms with Crippen LogP contribution in [0.25, 0.3) is 0 Å². The number of rotatable bonds is 6. The van der Waals surface area contributed by atoms with E-state index in [1.807, 2.05) is 13.2 Å². The third kappa shape index (κ3) is 3.72.